The maximum absolute atomic E-state index is 9.63. The first-order valence-corrected chi connectivity index (χ1v) is 5.17. The van der Waals surface area contributed by atoms with Crippen LogP contribution in [0.2, 0.25) is 0 Å². The lowest BCUT2D eigenvalue weighted by molar-refractivity contribution is 0.0878. The highest BCUT2D eigenvalue weighted by atomic mass is 16.5. The van der Waals surface area contributed by atoms with E-state index in [1.807, 2.05) is 12.1 Å². The minimum Gasteiger partial charge on any atom is -0.493 e. The first kappa shape index (κ1) is 10.3. The van der Waals surface area contributed by atoms with E-state index in [1.165, 1.54) is 0 Å². The molecule has 1 unspecified atom stereocenters. The quantitative estimate of drug-likeness (QED) is 0.797. The van der Waals surface area contributed by atoms with Gasteiger partial charge in [-0.3, -0.25) is 0 Å². The fraction of sp³-hybridized carbons (Fsp3) is 0.500. The van der Waals surface area contributed by atoms with E-state index < -0.39 is 0 Å². The summed E-state index contributed by atoms with van der Waals surface area (Å²) in [5, 5.41) is 9.63. The molecule has 0 spiro atoms. The van der Waals surface area contributed by atoms with Gasteiger partial charge in [-0.25, -0.2) is 0 Å². The number of aliphatic hydroxyl groups excluding tert-OH is 1. The molecule has 0 bridgehead atoms. The van der Waals surface area contributed by atoms with E-state index in [2.05, 4.69) is 6.07 Å². The average molecular weight is 207 g/mol. The van der Waals surface area contributed by atoms with Crippen molar-refractivity contribution in [2.24, 2.45) is 5.92 Å². The Hall–Kier alpha value is -1.22. The Balaban J connectivity index is 1.91. The van der Waals surface area contributed by atoms with Crippen LogP contribution in [0.5, 0.6) is 11.5 Å². The van der Waals surface area contributed by atoms with Crippen LogP contribution in [0.4, 0.5) is 0 Å². The van der Waals surface area contributed by atoms with Crippen molar-refractivity contribution in [2.45, 2.75) is 18.9 Å². The predicted molar refractivity (Wildman–Crippen MR) is 56.1 cm³/mol. The van der Waals surface area contributed by atoms with Crippen molar-refractivity contribution in [2.75, 3.05) is 13.7 Å². The SMILES string of the molecule is COc1ccc[c]c1OCC(O)C1CC1. The molecule has 1 fully saturated rings. The molecule has 2 rings (SSSR count). The maximum Gasteiger partial charge on any atom is 0.169 e. The van der Waals surface area contributed by atoms with E-state index in [1.54, 1.807) is 13.2 Å². The molecule has 1 radical (unpaired) electrons. The first-order chi connectivity index (χ1) is 7.31. The molecule has 0 aromatic heterocycles. The first-order valence-electron chi connectivity index (χ1n) is 5.17. The van der Waals surface area contributed by atoms with Crippen molar-refractivity contribution in [1.82, 2.24) is 0 Å². The lowest BCUT2D eigenvalue weighted by Gasteiger charge is -2.13. The Labute approximate surface area is 89.6 Å². The summed E-state index contributed by atoms with van der Waals surface area (Å²) in [7, 11) is 1.59. The van der Waals surface area contributed by atoms with Crippen LogP contribution < -0.4 is 9.47 Å². The van der Waals surface area contributed by atoms with Crippen molar-refractivity contribution < 1.29 is 14.6 Å². The molecule has 0 aliphatic heterocycles. The predicted octanol–water partition coefficient (Wildman–Crippen LogP) is 1.65. The fourth-order valence-electron chi connectivity index (χ4n) is 1.47. The monoisotopic (exact) mass is 207 g/mol. The molecule has 81 valence electrons. The Kier molecular flexibility index (Phi) is 3.11. The zero-order valence-electron chi connectivity index (χ0n) is 8.77. The minimum absolute atomic E-state index is 0.321. The number of ether oxygens (including phenoxy) is 2. The molecular formula is C12H15O3. The molecule has 3 nitrogen and oxygen atoms in total. The van der Waals surface area contributed by atoms with Gasteiger partial charge < -0.3 is 14.6 Å². The summed E-state index contributed by atoms with van der Waals surface area (Å²) in [4.78, 5) is 0. The Bertz CT molecular complexity index is 320. The lowest BCUT2D eigenvalue weighted by atomic mass is 10.2. The number of rotatable bonds is 5. The zero-order valence-corrected chi connectivity index (χ0v) is 8.77. The molecule has 0 saturated heterocycles. The van der Waals surface area contributed by atoms with Gasteiger partial charge in [0.15, 0.2) is 11.5 Å². The second-order valence-corrected chi connectivity index (χ2v) is 3.78. The lowest BCUT2D eigenvalue weighted by Crippen LogP contribution is -2.19. The third-order valence-electron chi connectivity index (χ3n) is 2.57. The molecule has 1 aromatic rings. The summed E-state index contributed by atoms with van der Waals surface area (Å²) in [5.41, 5.74) is 0. The van der Waals surface area contributed by atoms with Crippen LogP contribution in [0.25, 0.3) is 0 Å². The third kappa shape index (κ3) is 2.63. The molecule has 1 atom stereocenters. The van der Waals surface area contributed by atoms with Crippen molar-refractivity contribution >= 4 is 0 Å². The van der Waals surface area contributed by atoms with Gasteiger partial charge >= 0.3 is 0 Å². The maximum atomic E-state index is 9.63. The fourth-order valence-corrected chi connectivity index (χ4v) is 1.47. The van der Waals surface area contributed by atoms with Gasteiger partial charge in [-0.15, -0.1) is 0 Å². The number of benzene rings is 1. The number of hydrogen-bond donors (Lipinski definition) is 1. The van der Waals surface area contributed by atoms with E-state index in [0.717, 1.165) is 12.8 Å². The van der Waals surface area contributed by atoms with Crippen LogP contribution >= 0.6 is 0 Å². The summed E-state index contributed by atoms with van der Waals surface area (Å²) in [5.74, 6) is 1.65. The van der Waals surface area contributed by atoms with Crippen LogP contribution in [-0.4, -0.2) is 24.9 Å². The Morgan fingerprint density at radius 3 is 3.07 bits per heavy atom. The topological polar surface area (TPSA) is 38.7 Å². The van der Waals surface area contributed by atoms with Gasteiger partial charge in [-0.2, -0.15) is 0 Å². The molecule has 3 heteroatoms. The number of methoxy groups -OCH3 is 1. The van der Waals surface area contributed by atoms with Crippen molar-refractivity contribution in [3.63, 3.8) is 0 Å². The van der Waals surface area contributed by atoms with Gasteiger partial charge in [0.1, 0.15) is 6.61 Å². The van der Waals surface area contributed by atoms with Crippen LogP contribution in [0.3, 0.4) is 0 Å². The van der Waals surface area contributed by atoms with E-state index in [9.17, 15) is 5.11 Å². The molecule has 1 aliphatic carbocycles. The van der Waals surface area contributed by atoms with Crippen LogP contribution in [-0.2, 0) is 0 Å². The van der Waals surface area contributed by atoms with Crippen molar-refractivity contribution in [3.8, 4) is 11.5 Å². The molecule has 1 N–H and O–H groups in total. The second-order valence-electron chi connectivity index (χ2n) is 3.78. The summed E-state index contributed by atoms with van der Waals surface area (Å²) >= 11 is 0. The summed E-state index contributed by atoms with van der Waals surface area (Å²) in [6.07, 6.45) is 1.86. The standard InChI is InChI=1S/C12H15O3/c1-14-11-4-2-3-5-12(11)15-8-10(13)9-6-7-9/h2-4,9-10,13H,6-8H2,1H3. The van der Waals surface area contributed by atoms with E-state index in [4.69, 9.17) is 9.47 Å². The van der Waals surface area contributed by atoms with Gasteiger partial charge in [0.2, 0.25) is 0 Å². The van der Waals surface area contributed by atoms with Gasteiger partial charge in [0.25, 0.3) is 0 Å². The molecule has 1 aliphatic rings. The summed E-state index contributed by atoms with van der Waals surface area (Å²) in [6.45, 7) is 0.321. The zero-order chi connectivity index (χ0) is 10.7. The van der Waals surface area contributed by atoms with E-state index in [0.29, 0.717) is 24.0 Å². The molecule has 1 aromatic carbocycles. The summed E-state index contributed by atoms with van der Waals surface area (Å²) < 4.78 is 10.6. The number of aliphatic hydroxyl groups is 1. The molecule has 1 saturated carbocycles. The van der Waals surface area contributed by atoms with Gasteiger partial charge in [-0.1, -0.05) is 12.1 Å². The van der Waals surface area contributed by atoms with Crippen LogP contribution in [0.15, 0.2) is 18.2 Å². The number of para-hydroxylation sites is 1. The van der Waals surface area contributed by atoms with E-state index in [-0.39, 0.29) is 6.10 Å². The summed E-state index contributed by atoms with van der Waals surface area (Å²) in [6, 6.07) is 8.36. The second kappa shape index (κ2) is 4.53. The smallest absolute Gasteiger partial charge is 0.169 e. The van der Waals surface area contributed by atoms with Gasteiger partial charge in [0, 0.05) is 6.07 Å². The molecule has 0 heterocycles. The Morgan fingerprint density at radius 1 is 1.60 bits per heavy atom. The molecular weight excluding hydrogens is 192 g/mol. The van der Waals surface area contributed by atoms with Crippen LogP contribution in [0.1, 0.15) is 12.8 Å². The normalized spacial score (nSPS) is 17.2. The van der Waals surface area contributed by atoms with Crippen LogP contribution in [0, 0.1) is 12.0 Å². The molecule has 15 heavy (non-hydrogen) atoms. The van der Waals surface area contributed by atoms with Gasteiger partial charge in [0.05, 0.1) is 13.2 Å². The largest absolute Gasteiger partial charge is 0.493 e. The van der Waals surface area contributed by atoms with Crippen molar-refractivity contribution in [1.29, 1.82) is 0 Å². The highest BCUT2D eigenvalue weighted by Gasteiger charge is 2.30. The van der Waals surface area contributed by atoms with E-state index >= 15 is 0 Å². The van der Waals surface area contributed by atoms with Crippen molar-refractivity contribution in [3.05, 3.63) is 24.3 Å². The highest BCUT2D eigenvalue weighted by molar-refractivity contribution is 5.38. The molecule has 0 amide bonds. The third-order valence-corrected chi connectivity index (χ3v) is 2.57. The Morgan fingerprint density at radius 2 is 2.40 bits per heavy atom. The van der Waals surface area contributed by atoms with Gasteiger partial charge in [-0.05, 0) is 24.8 Å². The highest BCUT2D eigenvalue weighted by Crippen LogP contribution is 2.33. The average Bonchev–Trinajstić information content (AvgIpc) is 3.10. The number of hydrogen-bond acceptors (Lipinski definition) is 3. The minimum atomic E-state index is -0.358.